The summed E-state index contributed by atoms with van der Waals surface area (Å²) in [4.78, 5) is 0. The molecule has 94 valence electrons. The number of phenolic OH excluding ortho intramolecular Hbond substituents is 1. The zero-order chi connectivity index (χ0) is 12.1. The number of rotatable bonds is 4. The Kier molecular flexibility index (Phi) is 4.43. The number of hydrogen-bond donors (Lipinski definition) is 2. The molecule has 0 amide bonds. The molecule has 1 aliphatic carbocycles. The predicted molar refractivity (Wildman–Crippen MR) is 71.0 cm³/mol. The van der Waals surface area contributed by atoms with Crippen LogP contribution in [0.5, 0.6) is 5.75 Å². The van der Waals surface area contributed by atoms with E-state index in [0.717, 1.165) is 12.5 Å². The molecule has 0 bridgehead atoms. The fourth-order valence-electron chi connectivity index (χ4n) is 2.78. The molecule has 1 fully saturated rings. The Morgan fingerprint density at radius 2 is 2.24 bits per heavy atom. The number of phenols is 1. The summed E-state index contributed by atoms with van der Waals surface area (Å²) < 4.78 is 0. The topological polar surface area (TPSA) is 32.3 Å². The molecule has 0 aliphatic heterocycles. The molecule has 1 saturated carbocycles. The van der Waals surface area contributed by atoms with Crippen LogP contribution in [0, 0.1) is 5.92 Å². The molecular formula is C15H23NO. The maximum absolute atomic E-state index is 9.40. The van der Waals surface area contributed by atoms with E-state index in [9.17, 15) is 5.11 Å². The molecule has 2 heteroatoms. The second kappa shape index (κ2) is 6.06. The van der Waals surface area contributed by atoms with Crippen molar-refractivity contribution in [3.05, 3.63) is 29.8 Å². The summed E-state index contributed by atoms with van der Waals surface area (Å²) in [6.07, 6.45) is 6.69. The zero-order valence-electron chi connectivity index (χ0n) is 10.7. The molecule has 2 nitrogen and oxygen atoms in total. The van der Waals surface area contributed by atoms with Gasteiger partial charge in [0, 0.05) is 12.6 Å². The molecule has 2 atom stereocenters. The van der Waals surface area contributed by atoms with Crippen LogP contribution < -0.4 is 5.32 Å². The lowest BCUT2D eigenvalue weighted by Crippen LogP contribution is -2.33. The minimum Gasteiger partial charge on any atom is -0.508 e. The summed E-state index contributed by atoms with van der Waals surface area (Å²) in [6.45, 7) is 3.16. The normalized spacial score (nSPS) is 24.8. The molecule has 0 spiro atoms. The highest BCUT2D eigenvalue weighted by Crippen LogP contribution is 2.26. The number of nitrogens with one attached hydrogen (secondary N) is 1. The van der Waals surface area contributed by atoms with Crippen molar-refractivity contribution in [2.75, 3.05) is 0 Å². The van der Waals surface area contributed by atoms with E-state index in [1.165, 1.54) is 37.7 Å². The summed E-state index contributed by atoms with van der Waals surface area (Å²) >= 11 is 0. The van der Waals surface area contributed by atoms with Crippen molar-refractivity contribution in [1.82, 2.24) is 5.32 Å². The van der Waals surface area contributed by atoms with Crippen molar-refractivity contribution < 1.29 is 5.11 Å². The smallest absolute Gasteiger partial charge is 0.115 e. The minimum atomic E-state index is 0.361. The Balaban J connectivity index is 1.81. The van der Waals surface area contributed by atoms with Crippen LogP contribution >= 0.6 is 0 Å². The van der Waals surface area contributed by atoms with Crippen LogP contribution in [0.25, 0.3) is 0 Å². The van der Waals surface area contributed by atoms with Gasteiger partial charge in [-0.3, -0.25) is 0 Å². The standard InChI is InChI=1S/C15H23NO/c1-2-12-5-3-7-14(9-12)16-11-13-6-4-8-15(17)10-13/h4,6,8,10,12,14,16-17H,2-3,5,7,9,11H2,1H3. The molecule has 2 unspecified atom stereocenters. The summed E-state index contributed by atoms with van der Waals surface area (Å²) in [6, 6.07) is 8.19. The summed E-state index contributed by atoms with van der Waals surface area (Å²) in [5.41, 5.74) is 1.17. The molecule has 0 heterocycles. The summed E-state index contributed by atoms with van der Waals surface area (Å²) in [5, 5.41) is 13.0. The highest BCUT2D eigenvalue weighted by Gasteiger charge is 2.19. The second-order valence-corrected chi connectivity index (χ2v) is 5.19. The lowest BCUT2D eigenvalue weighted by molar-refractivity contribution is 0.278. The molecule has 1 aliphatic rings. The Hall–Kier alpha value is -1.02. The van der Waals surface area contributed by atoms with Gasteiger partial charge in [0.2, 0.25) is 0 Å². The first kappa shape index (κ1) is 12.4. The summed E-state index contributed by atoms with van der Waals surface area (Å²) in [5.74, 6) is 1.27. The number of aromatic hydroxyl groups is 1. The molecule has 17 heavy (non-hydrogen) atoms. The molecule has 0 saturated heterocycles. The zero-order valence-corrected chi connectivity index (χ0v) is 10.7. The van der Waals surface area contributed by atoms with Gasteiger partial charge in [0.25, 0.3) is 0 Å². The molecule has 1 aromatic rings. The average Bonchev–Trinajstić information content (AvgIpc) is 2.37. The van der Waals surface area contributed by atoms with E-state index in [4.69, 9.17) is 0 Å². The fraction of sp³-hybridized carbons (Fsp3) is 0.600. The van der Waals surface area contributed by atoms with Gasteiger partial charge in [-0.05, 0) is 36.5 Å². The Morgan fingerprint density at radius 3 is 3.00 bits per heavy atom. The van der Waals surface area contributed by atoms with E-state index in [1.54, 1.807) is 6.07 Å². The van der Waals surface area contributed by atoms with Gasteiger partial charge in [-0.25, -0.2) is 0 Å². The monoisotopic (exact) mass is 233 g/mol. The molecule has 1 aromatic carbocycles. The van der Waals surface area contributed by atoms with E-state index in [-0.39, 0.29) is 0 Å². The first-order chi connectivity index (χ1) is 8.28. The minimum absolute atomic E-state index is 0.361. The van der Waals surface area contributed by atoms with E-state index < -0.39 is 0 Å². The first-order valence-electron chi connectivity index (χ1n) is 6.79. The van der Waals surface area contributed by atoms with Crippen molar-refractivity contribution in [1.29, 1.82) is 0 Å². The highest BCUT2D eigenvalue weighted by molar-refractivity contribution is 5.26. The summed E-state index contributed by atoms with van der Waals surface area (Å²) in [7, 11) is 0. The van der Waals surface area contributed by atoms with Gasteiger partial charge in [0.15, 0.2) is 0 Å². The predicted octanol–water partition coefficient (Wildman–Crippen LogP) is 3.45. The molecule has 0 aromatic heterocycles. The van der Waals surface area contributed by atoms with E-state index in [2.05, 4.69) is 18.3 Å². The number of hydrogen-bond acceptors (Lipinski definition) is 2. The van der Waals surface area contributed by atoms with Crippen molar-refractivity contribution in [3.63, 3.8) is 0 Å². The van der Waals surface area contributed by atoms with Crippen LogP contribution in [0.4, 0.5) is 0 Å². The molecule has 2 N–H and O–H groups in total. The van der Waals surface area contributed by atoms with E-state index in [0.29, 0.717) is 11.8 Å². The number of benzene rings is 1. The highest BCUT2D eigenvalue weighted by atomic mass is 16.3. The van der Waals surface area contributed by atoms with Gasteiger partial charge in [-0.1, -0.05) is 38.3 Å². The van der Waals surface area contributed by atoms with Crippen LogP contribution in [-0.2, 0) is 6.54 Å². The van der Waals surface area contributed by atoms with Gasteiger partial charge in [0.1, 0.15) is 5.75 Å². The third kappa shape index (κ3) is 3.74. The Morgan fingerprint density at radius 1 is 1.35 bits per heavy atom. The van der Waals surface area contributed by atoms with Crippen molar-refractivity contribution in [2.45, 2.75) is 51.6 Å². The first-order valence-corrected chi connectivity index (χ1v) is 6.79. The van der Waals surface area contributed by atoms with Gasteiger partial charge in [0.05, 0.1) is 0 Å². The molecule has 2 rings (SSSR count). The van der Waals surface area contributed by atoms with Crippen LogP contribution in [0.3, 0.4) is 0 Å². The van der Waals surface area contributed by atoms with Gasteiger partial charge >= 0.3 is 0 Å². The maximum atomic E-state index is 9.40. The van der Waals surface area contributed by atoms with Crippen LogP contribution in [0.15, 0.2) is 24.3 Å². The maximum Gasteiger partial charge on any atom is 0.115 e. The quantitative estimate of drug-likeness (QED) is 0.835. The van der Waals surface area contributed by atoms with Gasteiger partial charge in [-0.15, -0.1) is 0 Å². The van der Waals surface area contributed by atoms with E-state index in [1.807, 2.05) is 12.1 Å². The van der Waals surface area contributed by atoms with Gasteiger partial charge < -0.3 is 10.4 Å². The molecule has 0 radical (unpaired) electrons. The largest absolute Gasteiger partial charge is 0.508 e. The van der Waals surface area contributed by atoms with Crippen molar-refractivity contribution >= 4 is 0 Å². The third-order valence-corrected chi connectivity index (χ3v) is 3.87. The SMILES string of the molecule is CCC1CCCC(NCc2cccc(O)c2)C1. The third-order valence-electron chi connectivity index (χ3n) is 3.87. The molecular weight excluding hydrogens is 210 g/mol. The van der Waals surface area contributed by atoms with Crippen molar-refractivity contribution in [2.24, 2.45) is 5.92 Å². The lowest BCUT2D eigenvalue weighted by Gasteiger charge is -2.29. The van der Waals surface area contributed by atoms with Crippen LogP contribution in [0.1, 0.15) is 44.6 Å². The van der Waals surface area contributed by atoms with Gasteiger partial charge in [-0.2, -0.15) is 0 Å². The lowest BCUT2D eigenvalue weighted by atomic mass is 9.84. The second-order valence-electron chi connectivity index (χ2n) is 5.19. The Labute approximate surface area is 104 Å². The van der Waals surface area contributed by atoms with Crippen molar-refractivity contribution in [3.8, 4) is 5.75 Å². The van der Waals surface area contributed by atoms with E-state index >= 15 is 0 Å². The van der Waals surface area contributed by atoms with Crippen LogP contribution in [-0.4, -0.2) is 11.1 Å². The Bertz CT molecular complexity index is 351. The van der Waals surface area contributed by atoms with Crippen LogP contribution in [0.2, 0.25) is 0 Å². The average molecular weight is 233 g/mol. The fourth-order valence-corrected chi connectivity index (χ4v) is 2.78.